The highest BCUT2D eigenvalue weighted by molar-refractivity contribution is 6.35. The molecule has 0 bridgehead atoms. The molecular formula is C14H11Cl2FN2O2. The second-order valence-electron chi connectivity index (χ2n) is 4.14. The Labute approximate surface area is 130 Å². The molecule has 3 N–H and O–H groups in total. The van der Waals surface area contributed by atoms with Gasteiger partial charge in [0.2, 0.25) is 0 Å². The maximum atomic E-state index is 13.8. The first-order chi connectivity index (χ1) is 9.93. The average Bonchev–Trinajstić information content (AvgIpc) is 2.43. The van der Waals surface area contributed by atoms with Crippen molar-refractivity contribution in [3.8, 4) is 0 Å². The SMILES string of the molecule is COC(=O)c1cc(N)cc(Cl)c1Nc1c(F)cccc1Cl. The van der Waals surface area contributed by atoms with Gasteiger partial charge >= 0.3 is 5.97 Å². The van der Waals surface area contributed by atoms with E-state index in [1.807, 2.05) is 0 Å². The number of hydrogen-bond acceptors (Lipinski definition) is 4. The van der Waals surface area contributed by atoms with E-state index >= 15 is 0 Å². The van der Waals surface area contributed by atoms with Crippen molar-refractivity contribution in [1.29, 1.82) is 0 Å². The number of nitrogens with one attached hydrogen (secondary N) is 1. The Bertz CT molecular complexity index is 687. The van der Waals surface area contributed by atoms with Crippen LogP contribution in [-0.2, 0) is 4.74 Å². The van der Waals surface area contributed by atoms with Gasteiger partial charge in [-0.25, -0.2) is 9.18 Å². The first-order valence-corrected chi connectivity index (χ1v) is 6.58. The van der Waals surface area contributed by atoms with Crippen molar-refractivity contribution in [1.82, 2.24) is 0 Å². The topological polar surface area (TPSA) is 64.3 Å². The lowest BCUT2D eigenvalue weighted by Gasteiger charge is -2.15. The molecule has 0 aliphatic carbocycles. The normalized spacial score (nSPS) is 10.3. The van der Waals surface area contributed by atoms with Crippen molar-refractivity contribution in [2.75, 3.05) is 18.2 Å². The van der Waals surface area contributed by atoms with Crippen molar-refractivity contribution in [3.05, 3.63) is 51.8 Å². The molecule has 0 saturated heterocycles. The fourth-order valence-corrected chi connectivity index (χ4v) is 2.25. The minimum atomic E-state index is -0.654. The third kappa shape index (κ3) is 3.20. The monoisotopic (exact) mass is 328 g/mol. The third-order valence-electron chi connectivity index (χ3n) is 2.73. The molecule has 0 atom stereocenters. The highest BCUT2D eigenvalue weighted by Gasteiger charge is 2.18. The number of methoxy groups -OCH3 is 1. The van der Waals surface area contributed by atoms with Crippen LogP contribution in [0.2, 0.25) is 10.0 Å². The molecule has 0 spiro atoms. The standard InChI is InChI=1S/C14H11Cl2FN2O2/c1-21-14(20)8-5-7(18)6-10(16)12(8)19-13-9(15)3-2-4-11(13)17/h2-6,19H,18H2,1H3. The van der Waals surface area contributed by atoms with E-state index < -0.39 is 11.8 Å². The van der Waals surface area contributed by atoms with Gasteiger partial charge in [0.05, 0.1) is 34.1 Å². The van der Waals surface area contributed by atoms with Crippen LogP contribution in [0.4, 0.5) is 21.5 Å². The average molecular weight is 329 g/mol. The van der Waals surface area contributed by atoms with Gasteiger partial charge in [-0.2, -0.15) is 0 Å². The number of carbonyl (C=O) groups is 1. The molecule has 110 valence electrons. The van der Waals surface area contributed by atoms with Crippen LogP contribution in [0.3, 0.4) is 0 Å². The lowest BCUT2D eigenvalue weighted by molar-refractivity contribution is 0.0602. The van der Waals surface area contributed by atoms with Crippen molar-refractivity contribution in [2.24, 2.45) is 0 Å². The summed E-state index contributed by atoms with van der Waals surface area (Å²) in [5.41, 5.74) is 6.20. The Kier molecular flexibility index (Phi) is 4.55. The Morgan fingerprint density at radius 3 is 2.57 bits per heavy atom. The molecule has 0 aromatic heterocycles. The van der Waals surface area contributed by atoms with Crippen LogP contribution in [-0.4, -0.2) is 13.1 Å². The van der Waals surface area contributed by atoms with Crippen LogP contribution in [0.15, 0.2) is 30.3 Å². The number of benzene rings is 2. The van der Waals surface area contributed by atoms with Crippen molar-refractivity contribution < 1.29 is 13.9 Å². The predicted molar refractivity (Wildman–Crippen MR) is 81.9 cm³/mol. The zero-order chi connectivity index (χ0) is 15.6. The summed E-state index contributed by atoms with van der Waals surface area (Å²) in [6.45, 7) is 0. The summed E-state index contributed by atoms with van der Waals surface area (Å²) in [6.07, 6.45) is 0. The van der Waals surface area contributed by atoms with E-state index in [-0.39, 0.29) is 32.7 Å². The summed E-state index contributed by atoms with van der Waals surface area (Å²) in [6, 6.07) is 7.03. The number of hydrogen-bond donors (Lipinski definition) is 2. The van der Waals surface area contributed by atoms with Crippen LogP contribution in [0, 0.1) is 5.82 Å². The maximum absolute atomic E-state index is 13.8. The van der Waals surface area contributed by atoms with Gasteiger partial charge in [0.15, 0.2) is 0 Å². The molecule has 0 saturated carbocycles. The number of rotatable bonds is 3. The first-order valence-electron chi connectivity index (χ1n) is 5.82. The summed E-state index contributed by atoms with van der Waals surface area (Å²) in [5, 5.41) is 3.02. The molecule has 7 heteroatoms. The van der Waals surface area contributed by atoms with E-state index in [9.17, 15) is 9.18 Å². The largest absolute Gasteiger partial charge is 0.465 e. The third-order valence-corrected chi connectivity index (χ3v) is 3.34. The van der Waals surface area contributed by atoms with Gasteiger partial charge in [0.1, 0.15) is 5.82 Å². The van der Waals surface area contributed by atoms with E-state index in [1.165, 1.54) is 37.4 Å². The van der Waals surface area contributed by atoms with Crippen LogP contribution in [0.1, 0.15) is 10.4 Å². The van der Waals surface area contributed by atoms with Gasteiger partial charge < -0.3 is 15.8 Å². The Balaban J connectivity index is 2.56. The molecule has 0 aliphatic rings. The molecule has 0 fully saturated rings. The molecule has 2 rings (SSSR count). The second kappa shape index (κ2) is 6.20. The van der Waals surface area contributed by atoms with E-state index in [4.69, 9.17) is 28.9 Å². The predicted octanol–water partition coefficient (Wildman–Crippen LogP) is 4.24. The first kappa shape index (κ1) is 15.4. The highest BCUT2D eigenvalue weighted by atomic mass is 35.5. The Morgan fingerprint density at radius 1 is 1.24 bits per heavy atom. The number of para-hydroxylation sites is 1. The van der Waals surface area contributed by atoms with Crippen molar-refractivity contribution in [2.45, 2.75) is 0 Å². The Morgan fingerprint density at radius 2 is 1.95 bits per heavy atom. The number of anilines is 3. The Hall–Kier alpha value is -1.98. The van der Waals surface area contributed by atoms with Gasteiger partial charge in [-0.15, -0.1) is 0 Å². The summed E-state index contributed by atoms with van der Waals surface area (Å²) in [5.74, 6) is -1.23. The van der Waals surface area contributed by atoms with Gasteiger partial charge in [0, 0.05) is 5.69 Å². The maximum Gasteiger partial charge on any atom is 0.340 e. The molecular weight excluding hydrogens is 318 g/mol. The van der Waals surface area contributed by atoms with E-state index in [2.05, 4.69) is 10.1 Å². The van der Waals surface area contributed by atoms with Crippen molar-refractivity contribution >= 4 is 46.2 Å². The van der Waals surface area contributed by atoms with E-state index in [0.29, 0.717) is 0 Å². The molecule has 0 radical (unpaired) electrons. The highest BCUT2D eigenvalue weighted by Crippen LogP contribution is 2.35. The number of carbonyl (C=O) groups excluding carboxylic acids is 1. The van der Waals surface area contributed by atoms with Crippen LogP contribution in [0.5, 0.6) is 0 Å². The zero-order valence-electron chi connectivity index (χ0n) is 10.9. The van der Waals surface area contributed by atoms with Crippen molar-refractivity contribution in [3.63, 3.8) is 0 Å². The van der Waals surface area contributed by atoms with Crippen LogP contribution < -0.4 is 11.1 Å². The smallest absolute Gasteiger partial charge is 0.340 e. The fourth-order valence-electron chi connectivity index (χ4n) is 1.77. The summed E-state index contributed by atoms with van der Waals surface area (Å²) < 4.78 is 18.5. The molecule has 2 aromatic carbocycles. The van der Waals surface area contributed by atoms with Crippen LogP contribution >= 0.6 is 23.2 Å². The molecule has 0 unspecified atom stereocenters. The summed E-state index contributed by atoms with van der Waals surface area (Å²) in [7, 11) is 1.22. The number of halogens is 3. The number of ether oxygens (including phenoxy) is 1. The fraction of sp³-hybridized carbons (Fsp3) is 0.0714. The quantitative estimate of drug-likeness (QED) is 0.653. The number of nitrogen functional groups attached to an aromatic ring is 1. The lowest BCUT2D eigenvalue weighted by atomic mass is 10.1. The summed E-state index contributed by atoms with van der Waals surface area (Å²) >= 11 is 12.0. The molecule has 4 nitrogen and oxygen atoms in total. The molecule has 0 aliphatic heterocycles. The zero-order valence-corrected chi connectivity index (χ0v) is 12.4. The number of nitrogens with two attached hydrogens (primary N) is 1. The van der Waals surface area contributed by atoms with E-state index in [0.717, 1.165) is 0 Å². The van der Waals surface area contributed by atoms with Gasteiger partial charge in [-0.3, -0.25) is 0 Å². The summed E-state index contributed by atoms with van der Waals surface area (Å²) in [4.78, 5) is 11.8. The number of esters is 1. The molecule has 0 heterocycles. The van der Waals surface area contributed by atoms with Gasteiger partial charge in [0.25, 0.3) is 0 Å². The lowest BCUT2D eigenvalue weighted by Crippen LogP contribution is -2.08. The van der Waals surface area contributed by atoms with Gasteiger partial charge in [-0.1, -0.05) is 29.3 Å². The van der Waals surface area contributed by atoms with Gasteiger partial charge in [-0.05, 0) is 24.3 Å². The molecule has 0 amide bonds. The molecule has 21 heavy (non-hydrogen) atoms. The minimum absolute atomic E-state index is 0.0102. The van der Waals surface area contributed by atoms with Crippen LogP contribution in [0.25, 0.3) is 0 Å². The second-order valence-corrected chi connectivity index (χ2v) is 4.95. The van der Waals surface area contributed by atoms with E-state index in [1.54, 1.807) is 0 Å². The molecule has 2 aromatic rings. The minimum Gasteiger partial charge on any atom is -0.465 e.